The number of halogens is 3. The average molecular weight is 423 g/mol. The Morgan fingerprint density at radius 1 is 1.24 bits per heavy atom. The maximum Gasteiger partial charge on any atom is 0.418 e. The lowest BCUT2D eigenvalue weighted by atomic mass is 10.1. The number of alkyl halides is 3. The van der Waals surface area contributed by atoms with Crippen molar-refractivity contribution in [2.45, 2.75) is 32.9 Å². The van der Waals surface area contributed by atoms with E-state index in [1.165, 1.54) is 25.1 Å². The number of carbonyl (C=O) groups excluding carboxylic acids is 1. The highest BCUT2D eigenvalue weighted by atomic mass is 32.1. The fourth-order valence-electron chi connectivity index (χ4n) is 2.62. The molecule has 3 rings (SSSR count). The van der Waals surface area contributed by atoms with Crippen LogP contribution in [0.4, 0.5) is 18.3 Å². The van der Waals surface area contributed by atoms with Gasteiger partial charge < -0.3 is 0 Å². The molecule has 0 fully saturated rings. The molecule has 152 valence electrons. The van der Waals surface area contributed by atoms with Crippen LogP contribution in [-0.2, 0) is 12.6 Å². The number of aromatic nitrogens is 4. The Hall–Kier alpha value is -3.08. The summed E-state index contributed by atoms with van der Waals surface area (Å²) in [6.07, 6.45) is -3.08. The van der Waals surface area contributed by atoms with Crippen molar-refractivity contribution in [3.8, 4) is 5.69 Å². The molecule has 1 N–H and O–H groups in total. The first-order valence-corrected chi connectivity index (χ1v) is 9.43. The van der Waals surface area contributed by atoms with E-state index in [1.54, 1.807) is 0 Å². The number of hydrogen-bond acceptors (Lipinski definition) is 6. The second-order valence-corrected chi connectivity index (χ2v) is 7.19. The van der Waals surface area contributed by atoms with Crippen molar-refractivity contribution in [3.63, 3.8) is 0 Å². The summed E-state index contributed by atoms with van der Waals surface area (Å²) in [6, 6.07) is 5.86. The first-order valence-electron chi connectivity index (χ1n) is 8.62. The van der Waals surface area contributed by atoms with Crippen molar-refractivity contribution in [3.05, 3.63) is 62.5 Å². The summed E-state index contributed by atoms with van der Waals surface area (Å²) in [4.78, 5) is 24.8. The molecule has 0 saturated heterocycles. The van der Waals surface area contributed by atoms with Gasteiger partial charge in [-0.25, -0.2) is 4.68 Å². The molecule has 29 heavy (non-hydrogen) atoms. The normalized spacial score (nSPS) is 11.5. The summed E-state index contributed by atoms with van der Waals surface area (Å²) in [5.74, 6) is -0.868. The average Bonchev–Trinajstić information content (AvgIpc) is 3.08. The second kappa shape index (κ2) is 8.11. The molecule has 3 aromatic rings. The fourth-order valence-corrected chi connectivity index (χ4v) is 3.46. The van der Waals surface area contributed by atoms with E-state index >= 15 is 0 Å². The maximum atomic E-state index is 13.4. The van der Waals surface area contributed by atoms with Gasteiger partial charge in [-0.1, -0.05) is 30.4 Å². The monoisotopic (exact) mass is 423 g/mol. The van der Waals surface area contributed by atoms with Gasteiger partial charge in [-0.3, -0.25) is 14.9 Å². The number of amides is 1. The van der Waals surface area contributed by atoms with E-state index in [2.05, 4.69) is 20.6 Å². The topological polar surface area (TPSA) is 89.8 Å². The Kier molecular flexibility index (Phi) is 5.78. The predicted molar refractivity (Wildman–Crippen MR) is 101 cm³/mol. The first-order chi connectivity index (χ1) is 13.7. The van der Waals surface area contributed by atoms with Gasteiger partial charge in [0.1, 0.15) is 5.01 Å². The minimum absolute atomic E-state index is 0.157. The molecule has 0 unspecified atom stereocenters. The lowest BCUT2D eigenvalue weighted by Crippen LogP contribution is -2.27. The van der Waals surface area contributed by atoms with Crippen LogP contribution in [-0.4, -0.2) is 25.9 Å². The van der Waals surface area contributed by atoms with Crippen LogP contribution in [0, 0.1) is 6.92 Å². The van der Waals surface area contributed by atoms with Crippen LogP contribution >= 0.6 is 11.3 Å². The molecule has 7 nitrogen and oxygen atoms in total. The number of carbonyl (C=O) groups is 1. The summed E-state index contributed by atoms with van der Waals surface area (Å²) in [5.41, 5.74) is -2.31. The van der Waals surface area contributed by atoms with E-state index in [4.69, 9.17) is 0 Å². The van der Waals surface area contributed by atoms with Gasteiger partial charge in [-0.05, 0) is 25.5 Å². The number of benzene rings is 1. The molecular formula is C18H16F3N5O2S. The van der Waals surface area contributed by atoms with E-state index in [0.29, 0.717) is 6.42 Å². The Morgan fingerprint density at radius 3 is 2.66 bits per heavy atom. The Labute approximate surface area is 167 Å². The number of hydrogen-bond donors (Lipinski definition) is 1. The molecular weight excluding hydrogens is 407 g/mol. The van der Waals surface area contributed by atoms with Crippen LogP contribution < -0.4 is 10.7 Å². The summed E-state index contributed by atoms with van der Waals surface area (Å²) < 4.78 is 41.0. The molecule has 0 atom stereocenters. The second-order valence-electron chi connectivity index (χ2n) is 6.13. The minimum atomic E-state index is -4.63. The van der Waals surface area contributed by atoms with Gasteiger partial charge >= 0.3 is 6.18 Å². The number of anilines is 1. The van der Waals surface area contributed by atoms with Crippen molar-refractivity contribution in [2.75, 3.05) is 5.32 Å². The number of rotatable bonds is 5. The van der Waals surface area contributed by atoms with Crippen molar-refractivity contribution < 1.29 is 18.0 Å². The van der Waals surface area contributed by atoms with E-state index < -0.39 is 28.8 Å². The van der Waals surface area contributed by atoms with Crippen LogP contribution in [0.15, 0.2) is 35.1 Å². The standard InChI is InChI=1S/C18H16F3N5O2S/c1-3-6-14-23-24-17(29-14)22-16(28)15-13(27)9-10(2)26(25-15)12-8-5-4-7-11(12)18(19,20)21/h4-5,7-9H,3,6H2,1-2H3,(H,22,24,28). The fraction of sp³-hybridized carbons (Fsp3) is 0.278. The van der Waals surface area contributed by atoms with Crippen LogP contribution in [0.1, 0.15) is 40.1 Å². The third-order valence-electron chi connectivity index (χ3n) is 3.91. The predicted octanol–water partition coefficient (Wildman–Crippen LogP) is 3.62. The lowest BCUT2D eigenvalue weighted by molar-refractivity contribution is -0.137. The van der Waals surface area contributed by atoms with Gasteiger partial charge in [-0.2, -0.15) is 18.3 Å². The molecule has 0 bridgehead atoms. The Balaban J connectivity index is 2.00. The molecule has 0 spiro atoms. The van der Waals surface area contributed by atoms with Gasteiger partial charge in [-0.15, -0.1) is 10.2 Å². The van der Waals surface area contributed by atoms with E-state index in [9.17, 15) is 22.8 Å². The highest BCUT2D eigenvalue weighted by Gasteiger charge is 2.34. The SMILES string of the molecule is CCCc1nnc(NC(=O)c2nn(-c3ccccc3C(F)(F)F)c(C)cc2=O)s1. The Morgan fingerprint density at radius 2 is 1.97 bits per heavy atom. The summed E-state index contributed by atoms with van der Waals surface area (Å²) >= 11 is 1.16. The van der Waals surface area contributed by atoms with Crippen LogP contribution in [0.25, 0.3) is 5.69 Å². The van der Waals surface area contributed by atoms with Gasteiger partial charge in [0.15, 0.2) is 5.69 Å². The van der Waals surface area contributed by atoms with Crippen molar-refractivity contribution in [1.29, 1.82) is 0 Å². The lowest BCUT2D eigenvalue weighted by Gasteiger charge is -2.16. The number of para-hydroxylation sites is 1. The van der Waals surface area contributed by atoms with Crippen LogP contribution in [0.3, 0.4) is 0 Å². The quantitative estimate of drug-likeness (QED) is 0.677. The largest absolute Gasteiger partial charge is 0.418 e. The van der Waals surface area contributed by atoms with Crippen molar-refractivity contribution >= 4 is 22.4 Å². The zero-order valence-corrected chi connectivity index (χ0v) is 16.3. The van der Waals surface area contributed by atoms with Gasteiger partial charge in [0.05, 0.1) is 11.3 Å². The smallest absolute Gasteiger partial charge is 0.295 e. The number of nitrogens with zero attached hydrogens (tertiary/aromatic N) is 4. The zero-order chi connectivity index (χ0) is 21.2. The van der Waals surface area contributed by atoms with Crippen LogP contribution in [0.5, 0.6) is 0 Å². The molecule has 0 aliphatic carbocycles. The Bertz CT molecular complexity index is 1110. The van der Waals surface area contributed by atoms with Crippen molar-refractivity contribution in [2.24, 2.45) is 0 Å². The molecule has 0 aliphatic heterocycles. The third-order valence-corrected chi connectivity index (χ3v) is 4.81. The molecule has 0 saturated carbocycles. The van der Waals surface area contributed by atoms with E-state index in [-0.39, 0.29) is 16.5 Å². The third kappa shape index (κ3) is 4.50. The molecule has 0 aliphatic rings. The number of aryl methyl sites for hydroxylation is 2. The molecule has 1 amide bonds. The highest BCUT2D eigenvalue weighted by molar-refractivity contribution is 7.15. The minimum Gasteiger partial charge on any atom is -0.295 e. The van der Waals surface area contributed by atoms with Crippen molar-refractivity contribution in [1.82, 2.24) is 20.0 Å². The number of nitrogens with one attached hydrogen (secondary N) is 1. The molecule has 0 radical (unpaired) electrons. The van der Waals surface area contributed by atoms with Crippen LogP contribution in [0.2, 0.25) is 0 Å². The summed E-state index contributed by atoms with van der Waals surface area (Å²) in [5, 5.41) is 15.0. The van der Waals surface area contributed by atoms with Gasteiger partial charge in [0.2, 0.25) is 10.6 Å². The zero-order valence-electron chi connectivity index (χ0n) is 15.4. The summed E-state index contributed by atoms with van der Waals surface area (Å²) in [6.45, 7) is 3.40. The molecule has 2 aromatic heterocycles. The first kappa shape index (κ1) is 20.6. The summed E-state index contributed by atoms with van der Waals surface area (Å²) in [7, 11) is 0. The maximum absolute atomic E-state index is 13.4. The molecule has 11 heteroatoms. The molecule has 1 aromatic carbocycles. The highest BCUT2D eigenvalue weighted by Crippen LogP contribution is 2.33. The van der Waals surface area contributed by atoms with Gasteiger partial charge in [0.25, 0.3) is 5.91 Å². The van der Waals surface area contributed by atoms with Gasteiger partial charge in [0, 0.05) is 18.2 Å². The van der Waals surface area contributed by atoms with E-state index in [0.717, 1.165) is 39.6 Å². The molecule has 2 heterocycles. The van der Waals surface area contributed by atoms with E-state index in [1.807, 2.05) is 6.92 Å².